The summed E-state index contributed by atoms with van der Waals surface area (Å²) >= 11 is 0. The number of aliphatic hydroxyl groups is 1. The lowest BCUT2D eigenvalue weighted by atomic mass is 9.99. The van der Waals surface area contributed by atoms with Crippen LogP contribution in [-0.4, -0.2) is 79.7 Å². The summed E-state index contributed by atoms with van der Waals surface area (Å²) < 4.78 is 6.12. The van der Waals surface area contributed by atoms with Crippen LogP contribution in [0.5, 0.6) is 0 Å². The highest BCUT2D eigenvalue weighted by atomic mass is 28.4. The average Bonchev–Trinajstić information content (AvgIpc) is 2.43. The van der Waals surface area contributed by atoms with Gasteiger partial charge < -0.3 is 19.5 Å². The van der Waals surface area contributed by atoms with Crippen molar-refractivity contribution in [1.82, 2.24) is 9.80 Å². The number of nitrogens with zero attached hydrogens (tertiary/aromatic N) is 2. The van der Waals surface area contributed by atoms with Gasteiger partial charge >= 0.3 is 6.09 Å². The Balaban J connectivity index is 3.05. The van der Waals surface area contributed by atoms with Crippen molar-refractivity contribution in [3.63, 3.8) is 0 Å². The van der Waals surface area contributed by atoms with Gasteiger partial charge in [-0.05, 0) is 24.2 Å². The minimum atomic E-state index is -2.05. The Morgan fingerprint density at radius 3 is 2.33 bits per heavy atom. The Morgan fingerprint density at radius 1 is 1.38 bits per heavy atom. The summed E-state index contributed by atoms with van der Waals surface area (Å²) in [5.74, 6) is -0.315. The number of likely N-dealkylation sites (N-methyl/N-ethyl adjacent to an activating group) is 1. The van der Waals surface area contributed by atoms with E-state index in [2.05, 4.69) is 33.9 Å². The summed E-state index contributed by atoms with van der Waals surface area (Å²) in [6, 6.07) is -0.584. The second-order valence-electron chi connectivity index (χ2n) is 7.91. The standard InChI is InChI=1S/C16H30N2O5Si/c1-16(2,3)24(6,7)23-10-11-8-12(14(20)17(4)5)13(19)9-18(11)15(21)22/h8,11,13,19H,9-10H2,1-7H3,(H,21,22). The summed E-state index contributed by atoms with van der Waals surface area (Å²) in [6.07, 6.45) is -0.733. The number of hydrogen-bond acceptors (Lipinski definition) is 4. The predicted octanol–water partition coefficient (Wildman–Crippen LogP) is 1.75. The number of amides is 2. The number of aliphatic hydroxyl groups excluding tert-OH is 1. The fraction of sp³-hybridized carbons (Fsp3) is 0.750. The minimum Gasteiger partial charge on any atom is -0.465 e. The fourth-order valence-corrected chi connectivity index (χ4v) is 3.19. The van der Waals surface area contributed by atoms with Crippen molar-refractivity contribution in [2.45, 2.75) is 51.0 Å². The second kappa shape index (κ2) is 7.24. The summed E-state index contributed by atoms with van der Waals surface area (Å²) in [5.41, 5.74) is 0.223. The van der Waals surface area contributed by atoms with Crippen molar-refractivity contribution in [3.05, 3.63) is 11.6 Å². The van der Waals surface area contributed by atoms with Gasteiger partial charge in [0.2, 0.25) is 0 Å². The molecule has 1 rings (SSSR count). The van der Waals surface area contributed by atoms with E-state index in [1.54, 1.807) is 14.1 Å². The predicted molar refractivity (Wildman–Crippen MR) is 94.5 cm³/mol. The number of hydrogen-bond donors (Lipinski definition) is 2. The third-order valence-corrected chi connectivity index (χ3v) is 9.32. The van der Waals surface area contributed by atoms with Crippen LogP contribution in [0.2, 0.25) is 18.1 Å². The molecule has 0 aliphatic carbocycles. The number of carbonyl (C=O) groups excluding carboxylic acids is 1. The Kier molecular flexibility index (Phi) is 6.24. The molecule has 0 spiro atoms. The topological polar surface area (TPSA) is 90.3 Å². The zero-order valence-corrected chi connectivity index (χ0v) is 16.7. The Hall–Kier alpha value is -1.38. The highest BCUT2D eigenvalue weighted by molar-refractivity contribution is 6.74. The molecule has 138 valence electrons. The van der Waals surface area contributed by atoms with E-state index in [1.807, 2.05) is 0 Å². The van der Waals surface area contributed by atoms with Gasteiger partial charge in [0, 0.05) is 19.7 Å². The van der Waals surface area contributed by atoms with E-state index in [0.717, 1.165) is 4.90 Å². The first-order valence-corrected chi connectivity index (χ1v) is 10.9. The molecule has 2 amide bonds. The summed E-state index contributed by atoms with van der Waals surface area (Å²) in [6.45, 7) is 10.5. The van der Waals surface area contributed by atoms with E-state index in [1.165, 1.54) is 11.0 Å². The maximum Gasteiger partial charge on any atom is 0.407 e. The van der Waals surface area contributed by atoms with Gasteiger partial charge in [-0.25, -0.2) is 4.79 Å². The largest absolute Gasteiger partial charge is 0.465 e. The summed E-state index contributed by atoms with van der Waals surface area (Å²) in [4.78, 5) is 26.2. The molecule has 0 saturated heterocycles. The van der Waals surface area contributed by atoms with E-state index in [-0.39, 0.29) is 29.7 Å². The molecule has 0 saturated carbocycles. The SMILES string of the molecule is CN(C)C(=O)C1=CC(CO[Si](C)(C)C(C)(C)C)N(C(=O)O)CC1O. The monoisotopic (exact) mass is 358 g/mol. The van der Waals surface area contributed by atoms with Crippen LogP contribution in [0.4, 0.5) is 4.79 Å². The number of β-amino-alcohol motifs (C(OH)–C–C–N with tert-alkyl or cyclic N) is 1. The van der Waals surface area contributed by atoms with Crippen molar-refractivity contribution in [2.75, 3.05) is 27.2 Å². The number of rotatable bonds is 4. The molecule has 0 aromatic rings. The maximum absolute atomic E-state index is 12.2. The van der Waals surface area contributed by atoms with Crippen LogP contribution in [0.1, 0.15) is 20.8 Å². The zero-order chi connectivity index (χ0) is 18.9. The van der Waals surface area contributed by atoms with E-state index in [4.69, 9.17) is 4.43 Å². The Morgan fingerprint density at radius 2 is 1.92 bits per heavy atom. The third kappa shape index (κ3) is 4.58. The molecule has 8 heteroatoms. The molecule has 0 aromatic heterocycles. The van der Waals surface area contributed by atoms with Gasteiger partial charge in [-0.1, -0.05) is 20.8 Å². The van der Waals surface area contributed by atoms with E-state index in [0.29, 0.717) is 0 Å². The first-order valence-electron chi connectivity index (χ1n) is 8.03. The van der Waals surface area contributed by atoms with Crippen molar-refractivity contribution < 1.29 is 24.2 Å². The molecule has 1 aliphatic heterocycles. The highest BCUT2D eigenvalue weighted by Crippen LogP contribution is 2.37. The number of carbonyl (C=O) groups is 2. The zero-order valence-electron chi connectivity index (χ0n) is 15.7. The highest BCUT2D eigenvalue weighted by Gasteiger charge is 2.40. The molecule has 0 fully saturated rings. The smallest absolute Gasteiger partial charge is 0.407 e. The van der Waals surface area contributed by atoms with Gasteiger partial charge in [0.05, 0.1) is 19.2 Å². The molecule has 0 bridgehead atoms. The van der Waals surface area contributed by atoms with Crippen LogP contribution < -0.4 is 0 Å². The van der Waals surface area contributed by atoms with Gasteiger partial charge in [-0.2, -0.15) is 0 Å². The molecule has 24 heavy (non-hydrogen) atoms. The van der Waals surface area contributed by atoms with Gasteiger partial charge in [0.25, 0.3) is 5.91 Å². The summed E-state index contributed by atoms with van der Waals surface area (Å²) in [7, 11) is 1.15. The molecular formula is C16H30N2O5Si. The van der Waals surface area contributed by atoms with Crippen LogP contribution in [0.25, 0.3) is 0 Å². The second-order valence-corrected chi connectivity index (χ2v) is 12.7. The van der Waals surface area contributed by atoms with Crippen molar-refractivity contribution in [3.8, 4) is 0 Å². The normalized spacial score (nSPS) is 22.2. The van der Waals surface area contributed by atoms with E-state index >= 15 is 0 Å². The van der Waals surface area contributed by atoms with Crippen LogP contribution >= 0.6 is 0 Å². The van der Waals surface area contributed by atoms with Gasteiger partial charge in [0.1, 0.15) is 6.10 Å². The Labute approximate surface area is 145 Å². The van der Waals surface area contributed by atoms with Crippen molar-refractivity contribution >= 4 is 20.3 Å². The lowest BCUT2D eigenvalue weighted by Gasteiger charge is -2.40. The molecule has 0 aromatic carbocycles. The van der Waals surface area contributed by atoms with Crippen LogP contribution in [0.3, 0.4) is 0 Å². The van der Waals surface area contributed by atoms with Crippen molar-refractivity contribution in [1.29, 1.82) is 0 Å². The first kappa shape index (κ1) is 20.7. The van der Waals surface area contributed by atoms with Crippen LogP contribution in [0, 0.1) is 0 Å². The van der Waals surface area contributed by atoms with Gasteiger partial charge in [-0.15, -0.1) is 0 Å². The van der Waals surface area contributed by atoms with Crippen molar-refractivity contribution in [2.24, 2.45) is 0 Å². The molecule has 2 atom stereocenters. The Bertz CT molecular complexity index is 525. The fourth-order valence-electron chi connectivity index (χ4n) is 2.17. The minimum absolute atomic E-state index is 0.00122. The van der Waals surface area contributed by atoms with E-state index < -0.39 is 26.6 Å². The average molecular weight is 359 g/mol. The lowest BCUT2D eigenvalue weighted by Crippen LogP contribution is -2.53. The molecule has 2 N–H and O–H groups in total. The molecular weight excluding hydrogens is 328 g/mol. The molecule has 7 nitrogen and oxygen atoms in total. The maximum atomic E-state index is 12.2. The lowest BCUT2D eigenvalue weighted by molar-refractivity contribution is -0.126. The molecule has 1 aliphatic rings. The third-order valence-electron chi connectivity index (χ3n) is 4.82. The summed E-state index contributed by atoms with van der Waals surface area (Å²) in [5, 5.41) is 19.5. The molecule has 1 heterocycles. The van der Waals surface area contributed by atoms with Gasteiger partial charge in [0.15, 0.2) is 8.32 Å². The first-order chi connectivity index (χ1) is 10.8. The van der Waals surface area contributed by atoms with Crippen LogP contribution in [0.15, 0.2) is 11.6 Å². The quantitative estimate of drug-likeness (QED) is 0.747. The molecule has 0 radical (unpaired) electrons. The van der Waals surface area contributed by atoms with Crippen LogP contribution in [-0.2, 0) is 9.22 Å². The van der Waals surface area contributed by atoms with E-state index in [9.17, 15) is 19.8 Å². The number of carboxylic acid groups (broad SMARTS) is 1. The molecule has 2 unspecified atom stereocenters. The van der Waals surface area contributed by atoms with Gasteiger partial charge in [-0.3, -0.25) is 9.69 Å².